The Labute approximate surface area is 119 Å². The first-order valence-corrected chi connectivity index (χ1v) is 7.07. The van der Waals surface area contributed by atoms with Crippen LogP contribution in [0, 0.1) is 13.8 Å². The smallest absolute Gasteiger partial charge is 0.340 e. The number of nitrogens with zero attached hydrogens (tertiary/aromatic N) is 2. The predicted molar refractivity (Wildman–Crippen MR) is 68.9 cm³/mol. The molecule has 0 aliphatic rings. The maximum absolute atomic E-state index is 12.3. The van der Waals surface area contributed by atoms with Crippen molar-refractivity contribution in [1.82, 2.24) is 15.2 Å². The van der Waals surface area contributed by atoms with Crippen molar-refractivity contribution in [2.45, 2.75) is 18.7 Å². The molecule has 0 bridgehead atoms. The summed E-state index contributed by atoms with van der Waals surface area (Å²) in [7, 11) is -2.89. The molecule has 114 valence electrons. The van der Waals surface area contributed by atoms with Crippen molar-refractivity contribution in [2.75, 3.05) is 11.8 Å². The Morgan fingerprint density at radius 3 is 2.57 bits per heavy atom. The minimum Gasteiger partial charge on any atom is -0.478 e. The zero-order chi connectivity index (χ0) is 15.8. The van der Waals surface area contributed by atoms with Gasteiger partial charge in [0.05, 0.1) is 7.11 Å². The fraction of sp³-hybridized carbons (Fsp3) is 0.300. The van der Waals surface area contributed by atoms with Gasteiger partial charge in [-0.15, -0.1) is 5.10 Å². The zero-order valence-electron chi connectivity index (χ0n) is 11.3. The first-order chi connectivity index (χ1) is 9.76. The maximum Gasteiger partial charge on any atom is 0.340 e. The number of sulfonamides is 1. The fourth-order valence-corrected chi connectivity index (χ4v) is 3.16. The molecule has 0 radical (unpaired) electrons. The summed E-state index contributed by atoms with van der Waals surface area (Å²) < 4.78 is 36.5. The van der Waals surface area contributed by atoms with E-state index in [1.54, 1.807) is 0 Å². The van der Waals surface area contributed by atoms with Gasteiger partial charge in [0.25, 0.3) is 10.0 Å². The predicted octanol–water partition coefficient (Wildman–Crippen LogP) is 0.522. The molecular weight excluding hydrogens is 304 g/mol. The highest BCUT2D eigenvalue weighted by Gasteiger charge is 2.31. The standard InChI is InChI=1S/C10H12N4O6S/c1-4-6(8(15)16)7(5(2)20-4)21(17,18)14-9-11-10(19-3)13-12-9/h1-3H3,(H,15,16)(H2,11,12,13,14). The molecule has 2 aromatic rings. The van der Waals surface area contributed by atoms with Gasteiger partial charge < -0.3 is 14.3 Å². The summed E-state index contributed by atoms with van der Waals surface area (Å²) in [5.41, 5.74) is -0.425. The molecule has 2 rings (SSSR count). The van der Waals surface area contributed by atoms with E-state index < -0.39 is 26.5 Å². The molecule has 0 aliphatic heterocycles. The van der Waals surface area contributed by atoms with Crippen molar-refractivity contribution in [1.29, 1.82) is 0 Å². The van der Waals surface area contributed by atoms with Crippen LogP contribution in [-0.4, -0.2) is 41.8 Å². The number of carboxylic acids is 1. The summed E-state index contributed by atoms with van der Waals surface area (Å²) in [6.45, 7) is 2.72. The van der Waals surface area contributed by atoms with Gasteiger partial charge in [-0.05, 0) is 13.8 Å². The molecular formula is C10H12N4O6S. The van der Waals surface area contributed by atoms with Gasteiger partial charge in [-0.2, -0.15) is 4.98 Å². The van der Waals surface area contributed by atoms with Crippen molar-refractivity contribution in [3.05, 3.63) is 17.1 Å². The minimum atomic E-state index is -4.21. The molecule has 21 heavy (non-hydrogen) atoms. The van der Waals surface area contributed by atoms with Gasteiger partial charge >= 0.3 is 12.0 Å². The van der Waals surface area contributed by atoms with Gasteiger partial charge in [0.2, 0.25) is 5.95 Å². The number of carboxylic acid groups (broad SMARTS) is 1. The van der Waals surface area contributed by atoms with E-state index in [4.69, 9.17) is 14.3 Å². The molecule has 2 heterocycles. The van der Waals surface area contributed by atoms with Crippen LogP contribution in [0.5, 0.6) is 6.01 Å². The second-order valence-corrected chi connectivity index (χ2v) is 5.62. The first-order valence-electron chi connectivity index (χ1n) is 5.58. The monoisotopic (exact) mass is 316 g/mol. The topological polar surface area (TPSA) is 147 Å². The molecule has 0 atom stereocenters. The number of aromatic carboxylic acids is 1. The average Bonchev–Trinajstić information content (AvgIpc) is 2.92. The van der Waals surface area contributed by atoms with E-state index in [1.807, 2.05) is 0 Å². The molecule has 2 aromatic heterocycles. The van der Waals surface area contributed by atoms with Gasteiger partial charge in [-0.3, -0.25) is 0 Å². The molecule has 0 amide bonds. The largest absolute Gasteiger partial charge is 0.478 e. The number of aromatic nitrogens is 3. The first kappa shape index (κ1) is 14.8. The summed E-state index contributed by atoms with van der Waals surface area (Å²) >= 11 is 0. The number of H-pyrrole nitrogens is 1. The third-order valence-corrected chi connectivity index (χ3v) is 4.06. The zero-order valence-corrected chi connectivity index (χ0v) is 12.1. The van der Waals surface area contributed by atoms with Crippen LogP contribution in [0.2, 0.25) is 0 Å². The molecule has 3 N–H and O–H groups in total. The Hall–Kier alpha value is -2.56. The number of aromatic amines is 1. The summed E-state index contributed by atoms with van der Waals surface area (Å²) in [6.07, 6.45) is 0. The highest BCUT2D eigenvalue weighted by molar-refractivity contribution is 7.92. The van der Waals surface area contributed by atoms with Gasteiger partial charge in [0, 0.05) is 0 Å². The summed E-state index contributed by atoms with van der Waals surface area (Å²) in [5.74, 6) is -1.65. The Morgan fingerprint density at radius 2 is 2.05 bits per heavy atom. The number of methoxy groups -OCH3 is 1. The van der Waals surface area contributed by atoms with Crippen LogP contribution in [-0.2, 0) is 10.0 Å². The molecule has 0 saturated heterocycles. The number of ether oxygens (including phenoxy) is 1. The summed E-state index contributed by atoms with van der Waals surface area (Å²) in [4.78, 5) is 14.4. The van der Waals surface area contributed by atoms with Crippen LogP contribution in [0.1, 0.15) is 21.9 Å². The van der Waals surface area contributed by atoms with Gasteiger partial charge in [-0.25, -0.2) is 23.0 Å². The Kier molecular flexibility index (Phi) is 3.60. The third kappa shape index (κ3) is 2.67. The van der Waals surface area contributed by atoms with E-state index in [1.165, 1.54) is 21.0 Å². The lowest BCUT2D eigenvalue weighted by molar-refractivity contribution is 0.0691. The van der Waals surface area contributed by atoms with E-state index in [0.717, 1.165) is 0 Å². The molecule has 0 fully saturated rings. The molecule has 0 saturated carbocycles. The van der Waals surface area contributed by atoms with Crippen molar-refractivity contribution in [3.63, 3.8) is 0 Å². The summed E-state index contributed by atoms with van der Waals surface area (Å²) in [5, 5.41) is 15.0. The van der Waals surface area contributed by atoms with Crippen molar-refractivity contribution >= 4 is 21.9 Å². The second-order valence-electron chi connectivity index (χ2n) is 4.00. The Bertz CT molecular complexity index is 791. The van der Waals surface area contributed by atoms with Crippen LogP contribution >= 0.6 is 0 Å². The van der Waals surface area contributed by atoms with E-state index in [-0.39, 0.29) is 23.5 Å². The lowest BCUT2D eigenvalue weighted by Crippen LogP contribution is -2.17. The van der Waals surface area contributed by atoms with E-state index in [2.05, 4.69) is 19.9 Å². The molecule has 0 spiro atoms. The summed E-state index contributed by atoms with van der Waals surface area (Å²) in [6, 6.07) is -0.0637. The number of hydrogen-bond donors (Lipinski definition) is 3. The van der Waals surface area contributed by atoms with Gasteiger partial charge in [0.15, 0.2) is 0 Å². The second kappa shape index (κ2) is 5.09. The number of anilines is 1. The van der Waals surface area contributed by atoms with Gasteiger partial charge in [0.1, 0.15) is 22.0 Å². The molecule has 10 nitrogen and oxygen atoms in total. The third-order valence-electron chi connectivity index (χ3n) is 2.57. The molecule has 0 aliphatic carbocycles. The quantitative estimate of drug-likeness (QED) is 0.723. The van der Waals surface area contributed by atoms with E-state index in [9.17, 15) is 13.2 Å². The van der Waals surface area contributed by atoms with Crippen LogP contribution in [0.25, 0.3) is 0 Å². The molecule has 0 aromatic carbocycles. The Morgan fingerprint density at radius 1 is 1.38 bits per heavy atom. The van der Waals surface area contributed by atoms with E-state index in [0.29, 0.717) is 0 Å². The average molecular weight is 316 g/mol. The number of hydrogen-bond acceptors (Lipinski definition) is 7. The fourth-order valence-electron chi connectivity index (χ4n) is 1.80. The highest BCUT2D eigenvalue weighted by atomic mass is 32.2. The van der Waals surface area contributed by atoms with Crippen LogP contribution < -0.4 is 9.46 Å². The number of aryl methyl sites for hydroxylation is 2. The van der Waals surface area contributed by atoms with Crippen molar-refractivity contribution < 1.29 is 27.5 Å². The molecule has 0 unspecified atom stereocenters. The number of nitrogens with one attached hydrogen (secondary N) is 2. The number of carbonyl (C=O) groups is 1. The number of furan rings is 1. The van der Waals surface area contributed by atoms with Crippen molar-refractivity contribution in [3.8, 4) is 6.01 Å². The minimum absolute atomic E-state index is 0.00414. The van der Waals surface area contributed by atoms with Crippen molar-refractivity contribution in [2.24, 2.45) is 0 Å². The highest BCUT2D eigenvalue weighted by Crippen LogP contribution is 2.27. The van der Waals surface area contributed by atoms with Crippen LogP contribution in [0.4, 0.5) is 5.95 Å². The van der Waals surface area contributed by atoms with E-state index >= 15 is 0 Å². The Balaban J connectivity index is 2.47. The SMILES string of the molecule is COc1n[nH]c(NS(=O)(=O)c2c(C)oc(C)c2C(=O)O)n1. The number of rotatable bonds is 5. The van der Waals surface area contributed by atoms with Crippen LogP contribution in [0.3, 0.4) is 0 Å². The van der Waals surface area contributed by atoms with Gasteiger partial charge in [-0.1, -0.05) is 0 Å². The lowest BCUT2D eigenvalue weighted by atomic mass is 10.2. The lowest BCUT2D eigenvalue weighted by Gasteiger charge is -2.04. The molecule has 11 heteroatoms. The maximum atomic E-state index is 12.3. The normalized spacial score (nSPS) is 11.4. The van der Waals surface area contributed by atoms with Crippen LogP contribution in [0.15, 0.2) is 9.31 Å².